The number of benzene rings is 1. The van der Waals surface area contributed by atoms with E-state index in [1.165, 1.54) is 12.1 Å². The lowest BCUT2D eigenvalue weighted by Gasteiger charge is -2.34. The smallest absolute Gasteiger partial charge is 0.406 e. The molecule has 1 saturated heterocycles. The molecule has 1 aliphatic carbocycles. The number of piperidine rings is 1. The van der Waals surface area contributed by atoms with E-state index in [1.54, 1.807) is 13.0 Å². The first-order valence-corrected chi connectivity index (χ1v) is 11.1. The number of rotatable bonds is 7. The summed E-state index contributed by atoms with van der Waals surface area (Å²) >= 11 is 0. The molecule has 1 heterocycles. The van der Waals surface area contributed by atoms with Crippen LogP contribution in [0.3, 0.4) is 0 Å². The highest BCUT2D eigenvalue weighted by Crippen LogP contribution is 2.59. The maximum Gasteiger partial charge on any atom is 0.573 e. The first kappa shape index (κ1) is 25.0. The van der Waals surface area contributed by atoms with Gasteiger partial charge in [0.05, 0.1) is 5.92 Å². The molecule has 3 atom stereocenters. The summed E-state index contributed by atoms with van der Waals surface area (Å²) in [5.74, 6) is -0.244. The molecule has 5 nitrogen and oxygen atoms in total. The number of fused-ring (bicyclic) bond motifs is 1. The SMILES string of the molecule is CC.CCC(=O)NCC(CC)C(=O)N1CCC2(c3cccc(OC(F)(F)F)c3)CC2C1. The molecule has 1 N–H and O–H groups in total. The second-order valence-electron chi connectivity index (χ2n) is 7.93. The number of likely N-dealkylation sites (tertiary alicyclic amines) is 1. The van der Waals surface area contributed by atoms with Crippen LogP contribution >= 0.6 is 0 Å². The molecule has 2 fully saturated rings. The summed E-state index contributed by atoms with van der Waals surface area (Å²) in [7, 11) is 0. The fourth-order valence-electron chi connectivity index (χ4n) is 4.35. The van der Waals surface area contributed by atoms with Crippen molar-refractivity contribution < 1.29 is 27.5 Å². The van der Waals surface area contributed by atoms with Gasteiger partial charge in [-0.3, -0.25) is 9.59 Å². The lowest BCUT2D eigenvalue weighted by atomic mass is 9.86. The number of nitrogens with one attached hydrogen (secondary N) is 1. The van der Waals surface area contributed by atoms with Crippen molar-refractivity contribution >= 4 is 11.8 Å². The molecule has 1 aromatic carbocycles. The van der Waals surface area contributed by atoms with E-state index in [-0.39, 0.29) is 34.8 Å². The Balaban J connectivity index is 0.00000166. The fraction of sp³-hybridized carbons (Fsp3) is 0.652. The Kier molecular flexibility index (Phi) is 8.37. The predicted molar refractivity (Wildman–Crippen MR) is 113 cm³/mol. The standard InChI is InChI=1S/C21H27F3N2O3.C2H6/c1-3-14(12-25-18(27)4-2)19(28)26-9-8-20(11-16(20)13-26)15-6-5-7-17(10-15)29-21(22,23)24;1-2/h5-7,10,14,16H,3-4,8-9,11-13H2,1-2H3,(H,25,27);1-2H3. The zero-order chi connectivity index (χ0) is 23.2. The first-order chi connectivity index (χ1) is 14.7. The van der Waals surface area contributed by atoms with Gasteiger partial charge < -0.3 is 15.0 Å². The molecule has 8 heteroatoms. The molecule has 174 valence electrons. The Hall–Kier alpha value is -2.25. The fourth-order valence-corrected chi connectivity index (χ4v) is 4.35. The van der Waals surface area contributed by atoms with Crippen molar-refractivity contribution in [3.05, 3.63) is 29.8 Å². The number of carbonyl (C=O) groups excluding carboxylic acids is 2. The van der Waals surface area contributed by atoms with Gasteiger partial charge in [-0.05, 0) is 42.9 Å². The third-order valence-electron chi connectivity index (χ3n) is 6.16. The van der Waals surface area contributed by atoms with Crippen molar-refractivity contribution in [2.24, 2.45) is 11.8 Å². The highest BCUT2D eigenvalue weighted by molar-refractivity contribution is 5.81. The summed E-state index contributed by atoms with van der Waals surface area (Å²) in [6.07, 6.45) is -2.11. The van der Waals surface area contributed by atoms with Crippen LogP contribution in [0, 0.1) is 11.8 Å². The molecule has 0 bridgehead atoms. The zero-order valence-electron chi connectivity index (χ0n) is 18.7. The van der Waals surface area contributed by atoms with Gasteiger partial charge >= 0.3 is 6.36 Å². The Morgan fingerprint density at radius 3 is 2.58 bits per heavy atom. The maximum absolute atomic E-state index is 12.9. The molecule has 0 radical (unpaired) electrons. The van der Waals surface area contributed by atoms with Gasteiger partial charge in [0.15, 0.2) is 0 Å². The van der Waals surface area contributed by atoms with Crippen LogP contribution in [0.15, 0.2) is 24.3 Å². The summed E-state index contributed by atoms with van der Waals surface area (Å²) in [5, 5.41) is 2.79. The third kappa shape index (κ3) is 6.14. The summed E-state index contributed by atoms with van der Waals surface area (Å²) in [5.41, 5.74) is 0.679. The Labute approximate surface area is 182 Å². The van der Waals surface area contributed by atoms with E-state index in [4.69, 9.17) is 0 Å². The third-order valence-corrected chi connectivity index (χ3v) is 6.16. The largest absolute Gasteiger partial charge is 0.573 e. The van der Waals surface area contributed by atoms with Gasteiger partial charge in [0.25, 0.3) is 0 Å². The number of hydrogen-bond acceptors (Lipinski definition) is 3. The summed E-state index contributed by atoms with van der Waals surface area (Å²) in [6.45, 7) is 9.20. The molecule has 2 aliphatic rings. The Morgan fingerprint density at radius 1 is 1.29 bits per heavy atom. The molecule has 1 saturated carbocycles. The predicted octanol–water partition coefficient (Wildman–Crippen LogP) is 4.65. The first-order valence-electron chi connectivity index (χ1n) is 11.1. The second-order valence-corrected chi connectivity index (χ2v) is 7.93. The van der Waals surface area contributed by atoms with Crippen molar-refractivity contribution in [3.63, 3.8) is 0 Å². The van der Waals surface area contributed by atoms with Gasteiger partial charge in [0, 0.05) is 31.5 Å². The minimum Gasteiger partial charge on any atom is -0.406 e. The van der Waals surface area contributed by atoms with Crippen LogP contribution in [-0.2, 0) is 15.0 Å². The number of ether oxygens (including phenoxy) is 1. The second kappa shape index (κ2) is 10.4. The molecule has 1 aromatic rings. The van der Waals surface area contributed by atoms with Crippen LogP contribution in [0.1, 0.15) is 58.9 Å². The highest BCUT2D eigenvalue weighted by atomic mass is 19.4. The van der Waals surface area contributed by atoms with Gasteiger partial charge in [0.1, 0.15) is 5.75 Å². The van der Waals surface area contributed by atoms with Gasteiger partial charge in [-0.15, -0.1) is 13.2 Å². The van der Waals surface area contributed by atoms with E-state index < -0.39 is 6.36 Å². The maximum atomic E-state index is 12.9. The van der Waals surface area contributed by atoms with Crippen LogP contribution in [0.4, 0.5) is 13.2 Å². The minimum atomic E-state index is -4.71. The van der Waals surface area contributed by atoms with Crippen molar-refractivity contribution in [2.75, 3.05) is 19.6 Å². The molecule has 3 rings (SSSR count). The van der Waals surface area contributed by atoms with Crippen LogP contribution in [0.5, 0.6) is 5.75 Å². The van der Waals surface area contributed by atoms with Gasteiger partial charge in [-0.2, -0.15) is 0 Å². The minimum absolute atomic E-state index is 0.0403. The van der Waals surface area contributed by atoms with Gasteiger partial charge in [-0.25, -0.2) is 0 Å². The average Bonchev–Trinajstić information content (AvgIpc) is 3.49. The van der Waals surface area contributed by atoms with Crippen LogP contribution < -0.4 is 10.1 Å². The molecule has 31 heavy (non-hydrogen) atoms. The van der Waals surface area contributed by atoms with E-state index in [9.17, 15) is 22.8 Å². The Bertz CT molecular complexity index is 769. The summed E-state index contributed by atoms with van der Waals surface area (Å²) < 4.78 is 41.6. The molecule has 1 aliphatic heterocycles. The molecular formula is C23H33F3N2O3. The normalized spacial score (nSPS) is 23.1. The number of hydrogen-bond donors (Lipinski definition) is 1. The van der Waals surface area contributed by atoms with Crippen LogP contribution in [0.2, 0.25) is 0 Å². The molecule has 0 aromatic heterocycles. The van der Waals surface area contributed by atoms with Crippen molar-refractivity contribution in [1.82, 2.24) is 10.2 Å². The van der Waals surface area contributed by atoms with E-state index >= 15 is 0 Å². The Morgan fingerprint density at radius 2 is 2.00 bits per heavy atom. The summed E-state index contributed by atoms with van der Waals surface area (Å²) in [6, 6.07) is 6.21. The molecule has 2 amide bonds. The van der Waals surface area contributed by atoms with Crippen molar-refractivity contribution in [3.8, 4) is 5.75 Å². The van der Waals surface area contributed by atoms with Crippen LogP contribution in [-0.4, -0.2) is 42.7 Å². The number of alkyl halides is 3. The van der Waals surface area contributed by atoms with E-state index in [2.05, 4.69) is 10.1 Å². The van der Waals surface area contributed by atoms with E-state index in [0.29, 0.717) is 32.5 Å². The number of amides is 2. The topological polar surface area (TPSA) is 58.6 Å². The monoisotopic (exact) mass is 442 g/mol. The lowest BCUT2D eigenvalue weighted by Crippen LogP contribution is -2.46. The molecule has 3 unspecified atom stereocenters. The van der Waals surface area contributed by atoms with Gasteiger partial charge in [0.2, 0.25) is 11.8 Å². The van der Waals surface area contributed by atoms with Crippen LogP contribution in [0.25, 0.3) is 0 Å². The lowest BCUT2D eigenvalue weighted by molar-refractivity contribution is -0.274. The summed E-state index contributed by atoms with van der Waals surface area (Å²) in [4.78, 5) is 26.2. The zero-order valence-corrected chi connectivity index (χ0v) is 18.7. The highest BCUT2D eigenvalue weighted by Gasteiger charge is 2.58. The number of halogens is 3. The van der Waals surface area contributed by atoms with E-state index in [1.807, 2.05) is 31.7 Å². The average molecular weight is 443 g/mol. The number of nitrogens with zero attached hydrogens (tertiary/aromatic N) is 1. The van der Waals surface area contributed by atoms with Crippen molar-refractivity contribution in [2.45, 2.75) is 65.2 Å². The van der Waals surface area contributed by atoms with Gasteiger partial charge in [-0.1, -0.05) is 39.8 Å². The quantitative estimate of drug-likeness (QED) is 0.669. The van der Waals surface area contributed by atoms with Crippen molar-refractivity contribution in [1.29, 1.82) is 0 Å². The number of carbonyl (C=O) groups is 2. The molecular weight excluding hydrogens is 409 g/mol. The molecule has 0 spiro atoms. The van der Waals surface area contributed by atoms with E-state index in [0.717, 1.165) is 18.4 Å².